The first-order valence-corrected chi connectivity index (χ1v) is 13.1. The molecule has 1 saturated heterocycles. The molecule has 0 aromatic heterocycles. The van der Waals surface area contributed by atoms with Crippen LogP contribution in [-0.2, 0) is 9.47 Å². The van der Waals surface area contributed by atoms with Crippen LogP contribution >= 0.6 is 0 Å². The van der Waals surface area contributed by atoms with Crippen LogP contribution in [0.4, 0.5) is 22.0 Å². The Morgan fingerprint density at radius 3 is 2.33 bits per heavy atom. The van der Waals surface area contributed by atoms with Crippen molar-refractivity contribution in [3.05, 3.63) is 99.9 Å². The molecule has 210 valence electrons. The van der Waals surface area contributed by atoms with Crippen molar-refractivity contribution < 1.29 is 41.3 Å². The monoisotopic (exact) mass is 558 g/mol. The highest BCUT2D eigenvalue weighted by atomic mass is 19.2. The van der Waals surface area contributed by atoms with E-state index < -0.39 is 53.4 Å². The van der Waals surface area contributed by atoms with Crippen LogP contribution in [0.1, 0.15) is 78.3 Å². The zero-order valence-corrected chi connectivity index (χ0v) is 21.7. The van der Waals surface area contributed by atoms with E-state index in [2.05, 4.69) is 0 Å². The first-order chi connectivity index (χ1) is 19.2. The average molecular weight is 559 g/mol. The molecule has 1 N–H and O–H groups in total. The van der Waals surface area contributed by atoms with Crippen LogP contribution < -0.4 is 0 Å². The molecule has 40 heavy (non-hydrogen) atoms. The minimum absolute atomic E-state index is 0.0715. The van der Waals surface area contributed by atoms with E-state index in [-0.39, 0.29) is 39.8 Å². The molecule has 3 aromatic carbocycles. The zero-order valence-electron chi connectivity index (χ0n) is 21.7. The van der Waals surface area contributed by atoms with Crippen LogP contribution in [-0.4, -0.2) is 23.8 Å². The van der Waals surface area contributed by atoms with Crippen LogP contribution in [0.25, 0.3) is 16.7 Å². The van der Waals surface area contributed by atoms with Crippen molar-refractivity contribution in [1.29, 1.82) is 0 Å². The highest BCUT2D eigenvalue weighted by Gasteiger charge is 2.31. The summed E-state index contributed by atoms with van der Waals surface area (Å²) >= 11 is 0. The summed E-state index contributed by atoms with van der Waals surface area (Å²) in [5.41, 5.74) is 0.0569. The highest BCUT2D eigenvalue weighted by Crippen LogP contribution is 2.37. The zero-order chi connectivity index (χ0) is 28.6. The van der Waals surface area contributed by atoms with Gasteiger partial charge in [-0.05, 0) is 37.0 Å². The van der Waals surface area contributed by atoms with Crippen molar-refractivity contribution in [2.24, 2.45) is 0 Å². The van der Waals surface area contributed by atoms with Crippen molar-refractivity contribution in [3.63, 3.8) is 0 Å². The first-order valence-electron chi connectivity index (χ1n) is 13.1. The molecule has 1 aliphatic carbocycles. The molecule has 0 bridgehead atoms. The van der Waals surface area contributed by atoms with E-state index >= 15 is 0 Å². The number of esters is 1. The Morgan fingerprint density at radius 1 is 0.975 bits per heavy atom. The Morgan fingerprint density at radius 2 is 1.68 bits per heavy atom. The maximum Gasteiger partial charge on any atom is 0.338 e. The summed E-state index contributed by atoms with van der Waals surface area (Å²) < 4.78 is 83.7. The number of halogens is 5. The van der Waals surface area contributed by atoms with E-state index in [1.807, 2.05) is 6.92 Å². The van der Waals surface area contributed by atoms with Crippen LogP contribution in [0, 0.1) is 29.1 Å². The van der Waals surface area contributed by atoms with Gasteiger partial charge in [0.1, 0.15) is 18.0 Å². The number of carbonyl (C=O) groups is 1. The molecular weight excluding hydrogens is 531 g/mol. The van der Waals surface area contributed by atoms with Crippen molar-refractivity contribution in [2.75, 3.05) is 6.61 Å². The predicted octanol–water partition coefficient (Wildman–Crippen LogP) is 7.75. The summed E-state index contributed by atoms with van der Waals surface area (Å²) in [7, 11) is 0. The van der Waals surface area contributed by atoms with Crippen molar-refractivity contribution in [3.8, 4) is 11.1 Å². The van der Waals surface area contributed by atoms with Crippen molar-refractivity contribution in [2.45, 2.75) is 57.3 Å². The fourth-order valence-electron chi connectivity index (χ4n) is 4.99. The molecular formula is C31H27F5O4. The lowest BCUT2D eigenvalue weighted by Crippen LogP contribution is -2.20. The molecule has 3 atom stereocenters. The van der Waals surface area contributed by atoms with Gasteiger partial charge in [-0.1, -0.05) is 49.8 Å². The van der Waals surface area contributed by atoms with Gasteiger partial charge in [-0.2, -0.15) is 0 Å². The van der Waals surface area contributed by atoms with Gasteiger partial charge in [-0.25, -0.2) is 26.7 Å². The molecule has 0 spiro atoms. The van der Waals surface area contributed by atoms with Gasteiger partial charge in [0.05, 0.1) is 18.3 Å². The second kappa shape index (κ2) is 11.5. The molecule has 0 amide bonds. The number of hydrogen-bond acceptors (Lipinski definition) is 4. The second-order valence-electron chi connectivity index (χ2n) is 10.0. The molecule has 1 aliphatic heterocycles. The fraction of sp³-hybridized carbons (Fsp3) is 0.323. The molecule has 5 rings (SSSR count). The Hall–Kier alpha value is -3.56. The molecule has 0 saturated carbocycles. The molecule has 3 aromatic rings. The number of carbonyl (C=O) groups excluding carboxylic acids is 1. The summed E-state index contributed by atoms with van der Waals surface area (Å²) in [6.07, 6.45) is 1.34. The van der Waals surface area contributed by atoms with Gasteiger partial charge in [-0.3, -0.25) is 0 Å². The predicted molar refractivity (Wildman–Crippen MR) is 138 cm³/mol. The van der Waals surface area contributed by atoms with Gasteiger partial charge in [0, 0.05) is 34.2 Å². The minimum Gasteiger partial charge on any atom is -0.458 e. The maximum absolute atomic E-state index is 14.9. The van der Waals surface area contributed by atoms with Gasteiger partial charge in [0.2, 0.25) is 0 Å². The standard InChI is InChI=1S/C31H27F5O4/c1-2-3-25(37)22-12-10-19(27(33)29(22)35)16-4-7-18(8-5-16)40-31(38)17-6-9-20(24(32)14-17)21-11-13-23(26-15-39-26)30(36)28(21)34/h4,6,9-14,18,25-26,37H,2-3,5,7-8,15H2,1H3. The van der Waals surface area contributed by atoms with Crippen LogP contribution in [0.15, 0.2) is 48.5 Å². The van der Waals surface area contributed by atoms with E-state index in [9.17, 15) is 31.9 Å². The summed E-state index contributed by atoms with van der Waals surface area (Å²) in [6.45, 7) is 2.13. The van der Waals surface area contributed by atoms with Crippen molar-refractivity contribution in [1.82, 2.24) is 0 Å². The number of ether oxygens (including phenoxy) is 2. The lowest BCUT2D eigenvalue weighted by molar-refractivity contribution is 0.0284. The Labute approximate surface area is 228 Å². The third-order valence-corrected chi connectivity index (χ3v) is 7.30. The maximum atomic E-state index is 14.9. The third kappa shape index (κ3) is 5.53. The van der Waals surface area contributed by atoms with Crippen LogP contribution in [0.3, 0.4) is 0 Å². The van der Waals surface area contributed by atoms with Gasteiger partial charge in [-0.15, -0.1) is 0 Å². The van der Waals surface area contributed by atoms with Crippen molar-refractivity contribution >= 4 is 11.5 Å². The van der Waals surface area contributed by atoms with Gasteiger partial charge >= 0.3 is 5.97 Å². The molecule has 4 nitrogen and oxygen atoms in total. The SMILES string of the molecule is CCCC(O)c1ccc(C2=CCC(OC(=O)c3ccc(-c4ccc(C5CO5)c(F)c4F)c(F)c3)CC2)c(F)c1F. The molecule has 2 aliphatic rings. The number of epoxide rings is 1. The van der Waals surface area contributed by atoms with E-state index in [0.717, 1.165) is 6.07 Å². The molecule has 1 heterocycles. The normalized spacial score (nSPS) is 19.2. The number of hydrogen-bond donors (Lipinski definition) is 1. The number of benzene rings is 3. The Kier molecular flexibility index (Phi) is 8.05. The quantitative estimate of drug-likeness (QED) is 0.175. The minimum atomic E-state index is -1.20. The van der Waals surface area contributed by atoms with E-state index in [1.54, 1.807) is 6.08 Å². The Balaban J connectivity index is 1.25. The topological polar surface area (TPSA) is 59.1 Å². The number of aliphatic hydroxyl groups excluding tert-OH is 1. The Bertz CT molecular complexity index is 1480. The van der Waals surface area contributed by atoms with Crippen LogP contribution in [0.5, 0.6) is 0 Å². The largest absolute Gasteiger partial charge is 0.458 e. The number of rotatable bonds is 8. The summed E-state index contributed by atoms with van der Waals surface area (Å²) in [5.74, 6) is -6.12. The molecule has 9 heteroatoms. The summed E-state index contributed by atoms with van der Waals surface area (Å²) in [4.78, 5) is 12.7. The van der Waals surface area contributed by atoms with E-state index in [1.165, 1.54) is 36.4 Å². The van der Waals surface area contributed by atoms with Crippen LogP contribution in [0.2, 0.25) is 0 Å². The number of aliphatic hydroxyl groups is 1. The second-order valence-corrected chi connectivity index (χ2v) is 10.0. The van der Waals surface area contributed by atoms with E-state index in [4.69, 9.17) is 9.47 Å². The van der Waals surface area contributed by atoms with E-state index in [0.29, 0.717) is 37.9 Å². The molecule has 0 radical (unpaired) electrons. The lowest BCUT2D eigenvalue weighted by Gasteiger charge is -2.23. The first kappa shape index (κ1) is 28.0. The van der Waals surface area contributed by atoms with Gasteiger partial charge in [0.15, 0.2) is 23.3 Å². The van der Waals surface area contributed by atoms with Gasteiger partial charge < -0.3 is 14.6 Å². The van der Waals surface area contributed by atoms with Gasteiger partial charge in [0.25, 0.3) is 0 Å². The average Bonchev–Trinajstić information content (AvgIpc) is 3.78. The summed E-state index contributed by atoms with van der Waals surface area (Å²) in [6, 6.07) is 8.81. The molecule has 3 unspecified atom stereocenters. The molecule has 1 fully saturated rings. The third-order valence-electron chi connectivity index (χ3n) is 7.30. The smallest absolute Gasteiger partial charge is 0.338 e. The fourth-order valence-corrected chi connectivity index (χ4v) is 4.99. The lowest BCUT2D eigenvalue weighted by atomic mass is 9.90. The highest BCUT2D eigenvalue weighted by molar-refractivity contribution is 5.90. The summed E-state index contributed by atoms with van der Waals surface area (Å²) in [5, 5.41) is 10.1. The number of allylic oxidation sites excluding steroid dienone is 1.